The number of hydrogen-bond acceptors (Lipinski definition) is 3. The summed E-state index contributed by atoms with van der Waals surface area (Å²) in [5.74, 6) is 0.709. The molecule has 1 N–H and O–H groups in total. The highest BCUT2D eigenvalue weighted by Gasteiger charge is 2.00. The van der Waals surface area contributed by atoms with Gasteiger partial charge in [0.05, 0.1) is 7.11 Å². The summed E-state index contributed by atoms with van der Waals surface area (Å²) < 4.78 is 13.2. The molecule has 0 saturated heterocycles. The molecule has 1 aromatic carbocycles. The first-order valence-corrected chi connectivity index (χ1v) is 7.24. The number of ether oxygens (including phenoxy) is 1. The Morgan fingerprint density at radius 3 is 2.84 bits per heavy atom. The molecule has 2 rings (SSSR count). The maximum absolute atomic E-state index is 8.08. The normalized spacial score (nSPS) is 12.5. The minimum absolute atomic E-state index is 0.669. The fourth-order valence-corrected chi connectivity index (χ4v) is 2.50. The molecule has 3 nitrogen and oxygen atoms in total. The molecule has 0 spiro atoms. The molecule has 0 saturated carbocycles. The lowest BCUT2D eigenvalue weighted by Gasteiger charge is -2.03. The molecule has 0 aliphatic carbocycles. The molecule has 98 valence electrons. The van der Waals surface area contributed by atoms with E-state index in [1.54, 1.807) is 30.8 Å². The average Bonchev–Trinajstić information content (AvgIpc) is 2.46. The molecule has 0 amide bonds. The van der Waals surface area contributed by atoms with E-state index in [0.717, 1.165) is 5.56 Å². The van der Waals surface area contributed by atoms with Gasteiger partial charge in [0.15, 0.2) is 0 Å². The number of nitrogens with zero attached hydrogens (tertiary/aromatic N) is 1. The summed E-state index contributed by atoms with van der Waals surface area (Å²) >= 11 is 6.06. The zero-order valence-corrected chi connectivity index (χ0v) is 11.9. The van der Waals surface area contributed by atoms with Crippen LogP contribution >= 0.6 is 11.6 Å². The Balaban J connectivity index is 2.19. The van der Waals surface area contributed by atoms with Crippen molar-refractivity contribution in [3.8, 4) is 5.75 Å². The van der Waals surface area contributed by atoms with Crippen molar-refractivity contribution in [3.63, 3.8) is 0 Å². The lowest BCUT2D eigenvalue weighted by molar-refractivity contribution is 0.412. The predicted molar refractivity (Wildman–Crippen MR) is 79.6 cm³/mol. The van der Waals surface area contributed by atoms with E-state index in [9.17, 15) is 0 Å². The first-order valence-electron chi connectivity index (χ1n) is 5.58. The molecular formula is C14H13ClN2OS. The second-order valence-electron chi connectivity index (χ2n) is 3.70. The van der Waals surface area contributed by atoms with E-state index < -0.39 is 10.7 Å². The molecule has 0 fully saturated rings. The molecule has 5 heteroatoms. The maximum Gasteiger partial charge on any atom is 0.123 e. The Kier molecular flexibility index (Phi) is 4.71. The fraction of sp³-hybridized carbons (Fsp3) is 0.0714. The monoisotopic (exact) mass is 292 g/mol. The Bertz CT molecular complexity index is 628. The smallest absolute Gasteiger partial charge is 0.123 e. The summed E-state index contributed by atoms with van der Waals surface area (Å²) in [4.78, 5) is 4.18. The number of halogens is 1. The maximum atomic E-state index is 8.08. The number of aromatic nitrogens is 1. The Morgan fingerprint density at radius 1 is 1.32 bits per heavy atom. The molecule has 0 radical (unpaired) electrons. The van der Waals surface area contributed by atoms with Gasteiger partial charge in [-0.3, -0.25) is 4.78 Å². The van der Waals surface area contributed by atoms with Gasteiger partial charge in [-0.25, -0.2) is 4.98 Å². The number of pyridine rings is 1. The zero-order chi connectivity index (χ0) is 13.7. The third-order valence-electron chi connectivity index (χ3n) is 2.46. The van der Waals surface area contributed by atoms with Crippen molar-refractivity contribution in [3.05, 3.63) is 58.6 Å². The largest absolute Gasteiger partial charge is 0.497 e. The first kappa shape index (κ1) is 13.8. The molecule has 1 unspecified atom stereocenters. The minimum Gasteiger partial charge on any atom is -0.497 e. The van der Waals surface area contributed by atoms with Crippen molar-refractivity contribution in [1.82, 2.24) is 4.98 Å². The van der Waals surface area contributed by atoms with Crippen molar-refractivity contribution >= 4 is 28.4 Å². The van der Waals surface area contributed by atoms with Crippen LogP contribution in [0.2, 0.25) is 5.02 Å². The van der Waals surface area contributed by atoms with Crippen molar-refractivity contribution in [2.24, 2.45) is 0 Å². The summed E-state index contributed by atoms with van der Waals surface area (Å²) in [7, 11) is 0.764. The van der Waals surface area contributed by atoms with E-state index in [-0.39, 0.29) is 0 Å². The van der Waals surface area contributed by atoms with Crippen LogP contribution in [0, 0.1) is 4.78 Å². The number of rotatable bonds is 4. The number of methoxy groups -OCH3 is 1. The minimum atomic E-state index is -0.834. The van der Waals surface area contributed by atoms with Gasteiger partial charge in [-0.05, 0) is 39.9 Å². The van der Waals surface area contributed by atoms with E-state index in [1.807, 2.05) is 30.3 Å². The third-order valence-corrected chi connectivity index (χ3v) is 3.88. The molecule has 19 heavy (non-hydrogen) atoms. The van der Waals surface area contributed by atoms with Crippen LogP contribution in [0.3, 0.4) is 0 Å². The molecular weight excluding hydrogens is 280 g/mol. The van der Waals surface area contributed by atoms with Gasteiger partial charge < -0.3 is 4.74 Å². The van der Waals surface area contributed by atoms with Crippen LogP contribution < -0.4 is 4.74 Å². The molecule has 1 atom stereocenters. The number of benzene rings is 1. The molecule has 1 aromatic heterocycles. The highest BCUT2D eigenvalue weighted by Crippen LogP contribution is 2.18. The number of nitrogens with one attached hydrogen (secondary N) is 1. The molecule has 0 aliphatic heterocycles. The van der Waals surface area contributed by atoms with Crippen LogP contribution in [0.5, 0.6) is 5.75 Å². The SMILES string of the molecule is COc1ccnc(S(=N)/C=C/c2ccccc2Cl)c1. The Hall–Kier alpha value is -1.65. The van der Waals surface area contributed by atoms with Gasteiger partial charge in [-0.1, -0.05) is 29.8 Å². The van der Waals surface area contributed by atoms with Crippen molar-refractivity contribution < 1.29 is 4.74 Å². The van der Waals surface area contributed by atoms with E-state index in [0.29, 0.717) is 15.8 Å². The highest BCUT2D eigenvalue weighted by molar-refractivity contribution is 7.89. The highest BCUT2D eigenvalue weighted by atomic mass is 35.5. The van der Waals surface area contributed by atoms with Gasteiger partial charge >= 0.3 is 0 Å². The van der Waals surface area contributed by atoms with E-state index >= 15 is 0 Å². The topological polar surface area (TPSA) is 46.0 Å². The molecule has 0 aliphatic rings. The van der Waals surface area contributed by atoms with Gasteiger partial charge in [-0.15, -0.1) is 0 Å². The summed E-state index contributed by atoms with van der Waals surface area (Å²) in [5.41, 5.74) is 0.900. The summed E-state index contributed by atoms with van der Waals surface area (Å²) in [6, 6.07) is 11.1. The lowest BCUT2D eigenvalue weighted by Crippen LogP contribution is -1.91. The van der Waals surface area contributed by atoms with Gasteiger partial charge in [0, 0.05) is 17.3 Å². The lowest BCUT2D eigenvalue weighted by atomic mass is 10.2. The van der Waals surface area contributed by atoms with Crippen molar-refractivity contribution in [2.45, 2.75) is 5.03 Å². The van der Waals surface area contributed by atoms with Crippen LogP contribution in [0.15, 0.2) is 53.0 Å². The summed E-state index contributed by atoms with van der Waals surface area (Å²) in [6.07, 6.45) is 3.49. The summed E-state index contributed by atoms with van der Waals surface area (Å²) in [5, 5.41) is 3.13. The van der Waals surface area contributed by atoms with Gasteiger partial charge in [0.2, 0.25) is 0 Å². The van der Waals surface area contributed by atoms with Gasteiger partial charge in [-0.2, -0.15) is 0 Å². The first-order chi connectivity index (χ1) is 9.20. The van der Waals surface area contributed by atoms with E-state index in [2.05, 4.69) is 4.98 Å². The van der Waals surface area contributed by atoms with Crippen LogP contribution in [0.1, 0.15) is 5.56 Å². The molecule has 1 heterocycles. The quantitative estimate of drug-likeness (QED) is 0.920. The Morgan fingerprint density at radius 2 is 2.11 bits per heavy atom. The molecule has 2 aromatic rings. The summed E-state index contributed by atoms with van der Waals surface area (Å²) in [6.45, 7) is 0. The standard InChI is InChI=1S/C14H13ClN2OS/c1-18-12-6-8-17-14(10-12)19(16)9-7-11-4-2-3-5-13(11)15/h2-10,16H,1H3/b9-7+. The van der Waals surface area contributed by atoms with Crippen molar-refractivity contribution in [2.75, 3.05) is 7.11 Å². The van der Waals surface area contributed by atoms with Crippen LogP contribution in [-0.2, 0) is 10.7 Å². The zero-order valence-electron chi connectivity index (χ0n) is 10.3. The van der Waals surface area contributed by atoms with E-state index in [1.165, 1.54) is 0 Å². The third kappa shape index (κ3) is 3.66. The van der Waals surface area contributed by atoms with Crippen molar-refractivity contribution in [1.29, 1.82) is 4.78 Å². The predicted octanol–water partition coefficient (Wildman–Crippen LogP) is 4.15. The van der Waals surface area contributed by atoms with Gasteiger partial charge in [0.1, 0.15) is 10.8 Å². The number of hydrogen-bond donors (Lipinski definition) is 1. The average molecular weight is 293 g/mol. The fourth-order valence-electron chi connectivity index (χ4n) is 1.46. The Labute approximate surface area is 119 Å². The van der Waals surface area contributed by atoms with E-state index in [4.69, 9.17) is 21.1 Å². The van der Waals surface area contributed by atoms with Crippen LogP contribution in [-0.4, -0.2) is 12.1 Å². The second-order valence-corrected chi connectivity index (χ2v) is 5.47. The van der Waals surface area contributed by atoms with Gasteiger partial charge in [0.25, 0.3) is 0 Å². The second kappa shape index (κ2) is 6.50. The van der Waals surface area contributed by atoms with Crippen LogP contribution in [0.4, 0.5) is 0 Å². The van der Waals surface area contributed by atoms with Crippen LogP contribution in [0.25, 0.3) is 6.08 Å². The molecule has 0 bridgehead atoms.